The topological polar surface area (TPSA) is 19.4 Å². The lowest BCUT2D eigenvalue weighted by atomic mass is 10.1. The van der Waals surface area contributed by atoms with Crippen LogP contribution in [-0.4, -0.2) is 36.1 Å². The van der Waals surface area contributed by atoms with E-state index in [2.05, 4.69) is 9.88 Å². The SMILES string of the molecule is FC(F)(F)c1cccc(N2CCN(Cc3nccs3)CC2)c1. The molecule has 0 unspecified atom stereocenters. The standard InChI is InChI=1S/C15H16F3N3S/c16-15(17,18)12-2-1-3-13(10-12)21-7-5-20(6-8-21)11-14-19-4-9-22-14/h1-4,9-10H,5-8,11H2. The van der Waals surface area contributed by atoms with Gasteiger partial charge in [-0.3, -0.25) is 4.90 Å². The van der Waals surface area contributed by atoms with E-state index in [1.54, 1.807) is 23.6 Å². The molecule has 118 valence electrons. The van der Waals surface area contributed by atoms with Crippen molar-refractivity contribution in [2.24, 2.45) is 0 Å². The summed E-state index contributed by atoms with van der Waals surface area (Å²) >= 11 is 1.63. The smallest absolute Gasteiger partial charge is 0.369 e. The molecule has 1 saturated heterocycles. The van der Waals surface area contributed by atoms with Gasteiger partial charge in [-0.05, 0) is 18.2 Å². The maximum absolute atomic E-state index is 12.8. The van der Waals surface area contributed by atoms with Gasteiger partial charge in [-0.2, -0.15) is 13.2 Å². The van der Waals surface area contributed by atoms with E-state index in [1.165, 1.54) is 12.1 Å². The molecule has 22 heavy (non-hydrogen) atoms. The summed E-state index contributed by atoms with van der Waals surface area (Å²) in [6, 6.07) is 5.56. The molecular formula is C15H16F3N3S. The quantitative estimate of drug-likeness (QED) is 0.860. The van der Waals surface area contributed by atoms with Gasteiger partial charge in [0.25, 0.3) is 0 Å². The van der Waals surface area contributed by atoms with Crippen molar-refractivity contribution < 1.29 is 13.2 Å². The van der Waals surface area contributed by atoms with Crippen LogP contribution in [0.5, 0.6) is 0 Å². The van der Waals surface area contributed by atoms with Crippen molar-refractivity contribution in [3.8, 4) is 0 Å². The molecule has 1 aliphatic rings. The van der Waals surface area contributed by atoms with Crippen LogP contribution in [0.1, 0.15) is 10.6 Å². The number of hydrogen-bond acceptors (Lipinski definition) is 4. The van der Waals surface area contributed by atoms with Gasteiger partial charge in [-0.1, -0.05) is 6.07 Å². The summed E-state index contributed by atoms with van der Waals surface area (Å²) in [6.07, 6.45) is -2.50. The summed E-state index contributed by atoms with van der Waals surface area (Å²) in [5.74, 6) is 0. The van der Waals surface area contributed by atoms with Gasteiger partial charge in [-0.25, -0.2) is 4.98 Å². The Morgan fingerprint density at radius 3 is 2.55 bits per heavy atom. The summed E-state index contributed by atoms with van der Waals surface area (Å²) in [6.45, 7) is 3.93. The van der Waals surface area contributed by atoms with Crippen molar-refractivity contribution in [3.63, 3.8) is 0 Å². The van der Waals surface area contributed by atoms with Gasteiger partial charge in [0.1, 0.15) is 5.01 Å². The second-order valence-corrected chi connectivity index (χ2v) is 6.22. The van der Waals surface area contributed by atoms with E-state index < -0.39 is 11.7 Å². The number of halogens is 3. The van der Waals surface area contributed by atoms with Crippen LogP contribution in [0.3, 0.4) is 0 Å². The number of nitrogens with zero attached hydrogens (tertiary/aromatic N) is 3. The second kappa shape index (κ2) is 6.26. The van der Waals surface area contributed by atoms with Gasteiger partial charge in [0.05, 0.1) is 12.1 Å². The number of thiazole rings is 1. The summed E-state index contributed by atoms with van der Waals surface area (Å²) in [7, 11) is 0. The Morgan fingerprint density at radius 2 is 1.91 bits per heavy atom. The third kappa shape index (κ3) is 3.59. The Morgan fingerprint density at radius 1 is 1.14 bits per heavy atom. The highest BCUT2D eigenvalue weighted by Crippen LogP contribution is 2.31. The molecule has 2 aromatic rings. The number of anilines is 1. The molecule has 0 aliphatic carbocycles. The lowest BCUT2D eigenvalue weighted by Crippen LogP contribution is -2.46. The van der Waals surface area contributed by atoms with Crippen LogP contribution in [-0.2, 0) is 12.7 Å². The lowest BCUT2D eigenvalue weighted by Gasteiger charge is -2.35. The fourth-order valence-electron chi connectivity index (χ4n) is 2.57. The Bertz CT molecular complexity index is 605. The van der Waals surface area contributed by atoms with E-state index in [9.17, 15) is 13.2 Å². The van der Waals surface area contributed by atoms with Crippen molar-refractivity contribution >= 4 is 17.0 Å². The number of alkyl halides is 3. The molecule has 0 bridgehead atoms. The number of piperazine rings is 1. The molecule has 1 fully saturated rings. The molecule has 1 aliphatic heterocycles. The Balaban J connectivity index is 1.61. The Labute approximate surface area is 131 Å². The first-order valence-electron chi connectivity index (χ1n) is 7.05. The molecule has 0 atom stereocenters. The van der Waals surface area contributed by atoms with Crippen molar-refractivity contribution in [2.75, 3.05) is 31.1 Å². The zero-order chi connectivity index (χ0) is 15.6. The van der Waals surface area contributed by atoms with Crippen LogP contribution in [0.4, 0.5) is 18.9 Å². The average Bonchev–Trinajstić information content (AvgIpc) is 3.00. The summed E-state index contributed by atoms with van der Waals surface area (Å²) in [4.78, 5) is 8.55. The molecular weight excluding hydrogens is 311 g/mol. The minimum absolute atomic E-state index is 0.588. The largest absolute Gasteiger partial charge is 0.416 e. The first kappa shape index (κ1) is 15.3. The normalized spacial score (nSPS) is 17.0. The first-order valence-corrected chi connectivity index (χ1v) is 7.93. The highest BCUT2D eigenvalue weighted by Gasteiger charge is 2.31. The molecule has 0 spiro atoms. The molecule has 0 radical (unpaired) electrons. The van der Waals surface area contributed by atoms with Crippen LogP contribution >= 0.6 is 11.3 Å². The number of hydrogen-bond donors (Lipinski definition) is 0. The van der Waals surface area contributed by atoms with E-state index >= 15 is 0 Å². The molecule has 2 heterocycles. The molecule has 3 nitrogen and oxygen atoms in total. The fourth-order valence-corrected chi connectivity index (χ4v) is 3.22. The van der Waals surface area contributed by atoms with E-state index in [0.717, 1.165) is 43.8 Å². The van der Waals surface area contributed by atoms with Crippen LogP contribution in [0, 0.1) is 0 Å². The minimum Gasteiger partial charge on any atom is -0.369 e. The number of benzene rings is 1. The number of rotatable bonds is 3. The predicted molar refractivity (Wildman–Crippen MR) is 81.0 cm³/mol. The zero-order valence-electron chi connectivity index (χ0n) is 11.9. The van der Waals surface area contributed by atoms with E-state index in [-0.39, 0.29) is 0 Å². The molecule has 3 rings (SSSR count). The number of aromatic nitrogens is 1. The van der Waals surface area contributed by atoms with Gasteiger partial charge < -0.3 is 4.90 Å². The minimum atomic E-state index is -4.29. The van der Waals surface area contributed by atoms with Gasteiger partial charge in [-0.15, -0.1) is 11.3 Å². The summed E-state index contributed by atoms with van der Waals surface area (Å²) < 4.78 is 38.3. The van der Waals surface area contributed by atoms with Crippen molar-refractivity contribution in [3.05, 3.63) is 46.4 Å². The first-order chi connectivity index (χ1) is 10.5. The fraction of sp³-hybridized carbons (Fsp3) is 0.400. The van der Waals surface area contributed by atoms with Crippen molar-refractivity contribution in [1.29, 1.82) is 0 Å². The maximum atomic E-state index is 12.8. The zero-order valence-corrected chi connectivity index (χ0v) is 12.7. The second-order valence-electron chi connectivity index (χ2n) is 5.24. The van der Waals surface area contributed by atoms with E-state index in [0.29, 0.717) is 5.69 Å². The van der Waals surface area contributed by atoms with E-state index in [1.807, 2.05) is 10.3 Å². The molecule has 1 aromatic heterocycles. The summed E-state index contributed by atoms with van der Waals surface area (Å²) in [5.41, 5.74) is 0.0546. The lowest BCUT2D eigenvalue weighted by molar-refractivity contribution is -0.137. The van der Waals surface area contributed by atoms with Crippen LogP contribution in [0.2, 0.25) is 0 Å². The average molecular weight is 327 g/mol. The molecule has 0 amide bonds. The van der Waals surface area contributed by atoms with Crippen LogP contribution in [0.25, 0.3) is 0 Å². The Hall–Kier alpha value is -1.60. The van der Waals surface area contributed by atoms with Gasteiger partial charge in [0.2, 0.25) is 0 Å². The molecule has 0 N–H and O–H groups in total. The third-order valence-corrected chi connectivity index (χ3v) is 4.52. The van der Waals surface area contributed by atoms with Gasteiger partial charge in [0.15, 0.2) is 0 Å². The van der Waals surface area contributed by atoms with E-state index in [4.69, 9.17) is 0 Å². The molecule has 7 heteroatoms. The highest BCUT2D eigenvalue weighted by atomic mass is 32.1. The monoisotopic (exact) mass is 327 g/mol. The summed E-state index contributed by atoms with van der Waals surface area (Å²) in [5, 5.41) is 3.03. The maximum Gasteiger partial charge on any atom is 0.416 e. The molecule has 0 saturated carbocycles. The van der Waals surface area contributed by atoms with Gasteiger partial charge >= 0.3 is 6.18 Å². The van der Waals surface area contributed by atoms with Crippen molar-refractivity contribution in [2.45, 2.75) is 12.7 Å². The highest BCUT2D eigenvalue weighted by molar-refractivity contribution is 7.09. The van der Waals surface area contributed by atoms with Crippen LogP contribution in [0.15, 0.2) is 35.8 Å². The third-order valence-electron chi connectivity index (χ3n) is 3.75. The van der Waals surface area contributed by atoms with Crippen molar-refractivity contribution in [1.82, 2.24) is 9.88 Å². The Kier molecular flexibility index (Phi) is 4.35. The predicted octanol–water partition coefficient (Wildman–Crippen LogP) is 3.48. The van der Waals surface area contributed by atoms with Gasteiger partial charge in [0, 0.05) is 43.4 Å². The van der Waals surface area contributed by atoms with Crippen LogP contribution < -0.4 is 4.90 Å². The molecule has 1 aromatic carbocycles.